The van der Waals surface area contributed by atoms with E-state index in [-0.39, 0.29) is 31.5 Å². The van der Waals surface area contributed by atoms with Crippen LogP contribution in [0.4, 0.5) is 10.6 Å². The number of hydrogen-bond donors (Lipinski definition) is 4. The van der Waals surface area contributed by atoms with Crippen LogP contribution in [0.2, 0.25) is 0 Å². The number of amides is 1. The molecule has 35 heavy (non-hydrogen) atoms. The van der Waals surface area contributed by atoms with E-state index in [1.54, 1.807) is 6.92 Å². The van der Waals surface area contributed by atoms with Crippen molar-refractivity contribution in [2.45, 2.75) is 77.0 Å². The van der Waals surface area contributed by atoms with Crippen LogP contribution < -0.4 is 10.6 Å². The first-order valence-corrected chi connectivity index (χ1v) is 12.2. The number of pyridine rings is 1. The number of rotatable bonds is 12. The highest BCUT2D eigenvalue weighted by molar-refractivity contribution is 5.74. The molecule has 1 aromatic rings. The van der Waals surface area contributed by atoms with Crippen LogP contribution in [-0.4, -0.2) is 76.2 Å². The molecule has 1 amide bonds. The number of nitrogens with zero attached hydrogens (tertiary/aromatic N) is 2. The van der Waals surface area contributed by atoms with E-state index in [1.165, 1.54) is 12.5 Å². The van der Waals surface area contributed by atoms with E-state index in [0.29, 0.717) is 18.8 Å². The highest BCUT2D eigenvalue weighted by Gasteiger charge is 2.42. The number of hydroxylamine groups is 2. The van der Waals surface area contributed by atoms with Gasteiger partial charge in [0.05, 0.1) is 6.54 Å². The monoisotopic (exact) mass is 492 g/mol. The minimum atomic E-state index is -1.19. The third-order valence-electron chi connectivity index (χ3n) is 6.44. The summed E-state index contributed by atoms with van der Waals surface area (Å²) in [6.07, 6.45) is 3.41. The molecule has 0 unspecified atom stereocenters. The summed E-state index contributed by atoms with van der Waals surface area (Å²) in [5, 5.41) is 26.0. The van der Waals surface area contributed by atoms with Crippen molar-refractivity contribution in [2.75, 3.05) is 25.0 Å². The summed E-state index contributed by atoms with van der Waals surface area (Å²) in [4.78, 5) is 45.2. The summed E-state index contributed by atoms with van der Waals surface area (Å²) in [5.41, 5.74) is 2.27. The Morgan fingerprint density at radius 3 is 2.77 bits per heavy atom. The van der Waals surface area contributed by atoms with Gasteiger partial charge in [0, 0.05) is 31.8 Å². The van der Waals surface area contributed by atoms with E-state index in [1.807, 2.05) is 0 Å². The van der Waals surface area contributed by atoms with Crippen LogP contribution in [0.25, 0.3) is 0 Å². The van der Waals surface area contributed by atoms with Crippen LogP contribution in [0.3, 0.4) is 0 Å². The number of hydrogen-bond acceptors (Lipinski definition) is 9. The molecule has 0 spiro atoms. The van der Waals surface area contributed by atoms with Gasteiger partial charge in [-0.3, -0.25) is 9.59 Å². The third kappa shape index (κ3) is 7.79. The van der Waals surface area contributed by atoms with Gasteiger partial charge in [0.2, 0.25) is 5.91 Å². The zero-order chi connectivity index (χ0) is 25.4. The second-order valence-electron chi connectivity index (χ2n) is 9.30. The zero-order valence-corrected chi connectivity index (χ0v) is 20.4. The lowest BCUT2D eigenvalue weighted by Crippen LogP contribution is -2.53. The number of carbonyl (C=O) groups is 3. The van der Waals surface area contributed by atoms with Gasteiger partial charge >= 0.3 is 12.1 Å². The van der Waals surface area contributed by atoms with Gasteiger partial charge in [-0.15, -0.1) is 5.06 Å². The van der Waals surface area contributed by atoms with Gasteiger partial charge in [-0.25, -0.2) is 9.78 Å². The molecule has 4 N–H and O–H groups in total. The second-order valence-corrected chi connectivity index (χ2v) is 9.30. The number of aliphatic hydroxyl groups excluding tert-OH is 1. The van der Waals surface area contributed by atoms with E-state index >= 15 is 0 Å². The average Bonchev–Trinajstić information content (AvgIpc) is 2.79. The van der Waals surface area contributed by atoms with Gasteiger partial charge in [-0.1, -0.05) is 6.07 Å². The van der Waals surface area contributed by atoms with Gasteiger partial charge in [0.15, 0.2) is 0 Å². The SMILES string of the molecule is CC(=O)NC[C@H](C)OC(=O)ON(C1CC(CCc2ccc3c(n2)NCCC3)C1)[C@@H](CCO)C(=O)O. The molecule has 0 bridgehead atoms. The maximum Gasteiger partial charge on any atom is 0.528 e. The van der Waals surface area contributed by atoms with Crippen molar-refractivity contribution in [2.24, 2.45) is 5.92 Å². The first-order valence-electron chi connectivity index (χ1n) is 12.2. The van der Waals surface area contributed by atoms with E-state index in [9.17, 15) is 24.6 Å². The minimum absolute atomic E-state index is 0.0860. The van der Waals surface area contributed by atoms with Gasteiger partial charge < -0.3 is 30.4 Å². The standard InChI is InChI=1S/C24H36N4O7/c1-15(14-26-16(2)30)34-24(33)35-28(21(9-11-29)23(31)32)20-12-17(13-20)5-7-19-8-6-18-4-3-10-25-22(18)27-19/h6,8,15,17,20-21,29H,3-5,7,9-14H2,1-2H3,(H,25,27)(H,26,30)(H,31,32)/t15-,17?,20?,21-/m0/s1. The van der Waals surface area contributed by atoms with Crippen molar-refractivity contribution in [3.63, 3.8) is 0 Å². The lowest BCUT2D eigenvalue weighted by atomic mass is 9.76. The predicted octanol–water partition coefficient (Wildman–Crippen LogP) is 1.88. The molecule has 2 aliphatic rings. The highest BCUT2D eigenvalue weighted by atomic mass is 16.8. The molecule has 3 rings (SSSR count). The van der Waals surface area contributed by atoms with Crippen molar-refractivity contribution in [1.82, 2.24) is 15.4 Å². The number of aromatic nitrogens is 1. The molecular formula is C24H36N4O7. The van der Waals surface area contributed by atoms with Crippen LogP contribution in [0.1, 0.15) is 57.2 Å². The Kier molecular flexibility index (Phi) is 9.67. The molecule has 2 atom stereocenters. The Balaban J connectivity index is 1.54. The van der Waals surface area contributed by atoms with Gasteiger partial charge in [0.1, 0.15) is 18.0 Å². The van der Waals surface area contributed by atoms with Gasteiger partial charge in [-0.2, -0.15) is 0 Å². The number of aryl methyl sites for hydroxylation is 2. The maximum atomic E-state index is 12.3. The van der Waals surface area contributed by atoms with Crippen molar-refractivity contribution < 1.29 is 34.2 Å². The van der Waals surface area contributed by atoms with E-state index in [2.05, 4.69) is 22.8 Å². The number of carbonyl (C=O) groups excluding carboxylic acids is 2. The fraction of sp³-hybridized carbons (Fsp3) is 0.667. The summed E-state index contributed by atoms with van der Waals surface area (Å²) in [6, 6.07) is 2.73. The fourth-order valence-corrected chi connectivity index (χ4v) is 4.48. The number of nitrogens with one attached hydrogen (secondary N) is 2. The average molecular weight is 493 g/mol. The first kappa shape index (κ1) is 26.7. The molecule has 0 radical (unpaired) electrons. The molecule has 0 aromatic carbocycles. The lowest BCUT2D eigenvalue weighted by Gasteiger charge is -2.43. The topological polar surface area (TPSA) is 150 Å². The maximum absolute atomic E-state index is 12.3. The zero-order valence-electron chi connectivity index (χ0n) is 20.4. The third-order valence-corrected chi connectivity index (χ3v) is 6.44. The second kappa shape index (κ2) is 12.7. The molecule has 2 heterocycles. The normalized spacial score (nSPS) is 20.6. The molecule has 1 aliphatic carbocycles. The van der Waals surface area contributed by atoms with Gasteiger partial charge in [-0.05, 0) is 69.4 Å². The largest absolute Gasteiger partial charge is 0.528 e. The number of carboxylic acids is 1. The van der Waals surface area contributed by atoms with E-state index < -0.39 is 24.3 Å². The van der Waals surface area contributed by atoms with Crippen LogP contribution in [0, 0.1) is 5.92 Å². The van der Waals surface area contributed by atoms with Gasteiger partial charge in [0.25, 0.3) is 0 Å². The number of ether oxygens (including phenoxy) is 1. The van der Waals surface area contributed by atoms with Crippen LogP contribution in [0.15, 0.2) is 12.1 Å². The molecular weight excluding hydrogens is 456 g/mol. The highest BCUT2D eigenvalue weighted by Crippen LogP contribution is 2.37. The minimum Gasteiger partial charge on any atom is -0.480 e. The van der Waals surface area contributed by atoms with Crippen molar-refractivity contribution in [3.8, 4) is 0 Å². The van der Waals surface area contributed by atoms with Crippen molar-refractivity contribution >= 4 is 23.8 Å². The predicted molar refractivity (Wildman–Crippen MR) is 127 cm³/mol. The molecule has 1 aromatic heterocycles. The Hall–Kier alpha value is -2.92. The Morgan fingerprint density at radius 1 is 1.31 bits per heavy atom. The molecule has 0 saturated heterocycles. The summed E-state index contributed by atoms with van der Waals surface area (Å²) < 4.78 is 5.15. The number of anilines is 1. The van der Waals surface area contributed by atoms with Crippen molar-refractivity contribution in [1.29, 1.82) is 0 Å². The number of fused-ring (bicyclic) bond motifs is 1. The van der Waals surface area contributed by atoms with E-state index in [4.69, 9.17) is 14.6 Å². The summed E-state index contributed by atoms with van der Waals surface area (Å²) >= 11 is 0. The first-order chi connectivity index (χ1) is 16.8. The summed E-state index contributed by atoms with van der Waals surface area (Å²) in [7, 11) is 0. The molecule has 11 nitrogen and oxygen atoms in total. The van der Waals surface area contributed by atoms with E-state index in [0.717, 1.165) is 48.8 Å². The fourth-order valence-electron chi connectivity index (χ4n) is 4.48. The molecule has 194 valence electrons. The lowest BCUT2D eigenvalue weighted by molar-refractivity contribution is -0.215. The van der Waals surface area contributed by atoms with Crippen LogP contribution >= 0.6 is 0 Å². The number of carboxylic acid groups (broad SMARTS) is 1. The molecule has 1 fully saturated rings. The molecule has 1 aliphatic heterocycles. The van der Waals surface area contributed by atoms with Crippen LogP contribution in [0.5, 0.6) is 0 Å². The van der Waals surface area contributed by atoms with Crippen LogP contribution in [-0.2, 0) is 32.0 Å². The Morgan fingerprint density at radius 2 is 2.09 bits per heavy atom. The smallest absolute Gasteiger partial charge is 0.480 e. The van der Waals surface area contributed by atoms with Crippen molar-refractivity contribution in [3.05, 3.63) is 23.4 Å². The quantitative estimate of drug-likeness (QED) is 0.251. The summed E-state index contributed by atoms with van der Waals surface area (Å²) in [6.45, 7) is 3.63. The Labute approximate surface area is 205 Å². The number of aliphatic hydroxyl groups is 1. The number of aliphatic carboxylic acids is 1. The molecule has 1 saturated carbocycles. The molecule has 11 heteroatoms. The summed E-state index contributed by atoms with van der Waals surface area (Å²) in [5.74, 6) is -0.131. The Bertz CT molecular complexity index is 891.